The number of fused-ring (bicyclic) bond motifs is 5. The third-order valence-electron chi connectivity index (χ3n) is 13.6. The zero-order valence-corrected chi connectivity index (χ0v) is 28.9. The second-order valence-corrected chi connectivity index (χ2v) is 16.3. The molecule has 1 heterocycles. The molecule has 5 fully saturated rings. The molecule has 1 aliphatic heterocycles. The largest absolute Gasteiger partial charge is 0.466 e. The minimum atomic E-state index is -1.37. The Kier molecular flexibility index (Phi) is 10.9. The maximum absolute atomic E-state index is 12.3. The summed E-state index contributed by atoms with van der Waals surface area (Å²) in [4.78, 5) is 22.7. The minimum Gasteiger partial charge on any atom is -0.466 e. The van der Waals surface area contributed by atoms with E-state index in [1.54, 1.807) is 0 Å². The van der Waals surface area contributed by atoms with Crippen LogP contribution in [0.5, 0.6) is 0 Å². The molecular weight excluding hydrogens is 592 g/mol. The average Bonchev–Trinajstić information content (AvgIpc) is 3.34. The molecule has 10 nitrogen and oxygen atoms in total. The van der Waals surface area contributed by atoms with Gasteiger partial charge in [0, 0.05) is 25.7 Å². The van der Waals surface area contributed by atoms with Crippen LogP contribution in [0.15, 0.2) is 0 Å². The van der Waals surface area contributed by atoms with E-state index in [-0.39, 0.29) is 24.4 Å². The van der Waals surface area contributed by atoms with E-state index in [0.717, 1.165) is 25.7 Å². The first-order chi connectivity index (χ1) is 21.6. The third kappa shape index (κ3) is 6.65. The van der Waals surface area contributed by atoms with Gasteiger partial charge in [-0.3, -0.25) is 9.59 Å². The standard InChI is InChI=1S/C36H60O10/c1-20(18-43-22(3)37)8-7-9-21(2)26-10-11-27-25-16-30(40)36(42)17-24(12-15-35(36,6)28(25)13-14-34(26,27)5)46-33-31(41)32(45-23(4)38)29(39)19-44-33/h20-21,24-33,39-42H,7-19H2,1-6H3/t20?,21-,24+,25?,26?,27?,28?,29-,30-,31+,32-,33+,34-,35-,36+/m1/s1. The molecule has 0 aromatic heterocycles. The third-order valence-corrected chi connectivity index (χ3v) is 13.6. The minimum absolute atomic E-state index is 0.143. The lowest BCUT2D eigenvalue weighted by Gasteiger charge is -2.65. The monoisotopic (exact) mass is 652 g/mol. The average molecular weight is 653 g/mol. The number of esters is 2. The van der Waals surface area contributed by atoms with Crippen LogP contribution in [0.25, 0.3) is 0 Å². The Balaban J connectivity index is 1.21. The molecule has 4 aliphatic carbocycles. The lowest BCUT2D eigenvalue weighted by atomic mass is 9.42. The molecule has 0 bridgehead atoms. The van der Waals surface area contributed by atoms with Crippen LogP contribution >= 0.6 is 0 Å². The van der Waals surface area contributed by atoms with E-state index in [2.05, 4.69) is 27.7 Å². The molecule has 0 amide bonds. The van der Waals surface area contributed by atoms with E-state index in [1.807, 2.05) is 0 Å². The van der Waals surface area contributed by atoms with Gasteiger partial charge >= 0.3 is 11.9 Å². The van der Waals surface area contributed by atoms with Crippen LogP contribution < -0.4 is 0 Å². The quantitative estimate of drug-likeness (QED) is 0.200. The fourth-order valence-electron chi connectivity index (χ4n) is 11.1. The fraction of sp³-hybridized carbons (Fsp3) is 0.944. The highest BCUT2D eigenvalue weighted by atomic mass is 16.7. The lowest BCUT2D eigenvalue weighted by molar-refractivity contribution is -0.311. The summed E-state index contributed by atoms with van der Waals surface area (Å²) < 4.78 is 22.1. The Morgan fingerprint density at radius 3 is 2.39 bits per heavy atom. The summed E-state index contributed by atoms with van der Waals surface area (Å²) in [7, 11) is 0. The first-order valence-corrected chi connectivity index (χ1v) is 17.9. The molecule has 15 atom stereocenters. The molecule has 46 heavy (non-hydrogen) atoms. The number of ether oxygens (including phenoxy) is 4. The Morgan fingerprint density at radius 1 is 0.957 bits per heavy atom. The van der Waals surface area contributed by atoms with Crippen LogP contribution in [-0.2, 0) is 28.5 Å². The van der Waals surface area contributed by atoms with Crippen molar-refractivity contribution in [1.29, 1.82) is 0 Å². The number of aliphatic hydroxyl groups excluding tert-OH is 3. The van der Waals surface area contributed by atoms with E-state index in [9.17, 15) is 30.0 Å². The Bertz CT molecular complexity index is 1090. The molecule has 0 radical (unpaired) electrons. The van der Waals surface area contributed by atoms with Crippen molar-refractivity contribution in [2.45, 2.75) is 155 Å². The fourth-order valence-corrected chi connectivity index (χ4v) is 11.1. The molecule has 264 valence electrons. The zero-order chi connectivity index (χ0) is 33.6. The van der Waals surface area contributed by atoms with Gasteiger partial charge in [0.05, 0.1) is 31.0 Å². The maximum Gasteiger partial charge on any atom is 0.303 e. The summed E-state index contributed by atoms with van der Waals surface area (Å²) in [6.07, 6.45) is 3.98. The molecule has 0 spiro atoms. The van der Waals surface area contributed by atoms with Crippen molar-refractivity contribution in [1.82, 2.24) is 0 Å². The van der Waals surface area contributed by atoms with Crippen LogP contribution in [0.4, 0.5) is 0 Å². The number of hydrogen-bond donors (Lipinski definition) is 4. The predicted molar refractivity (Wildman–Crippen MR) is 169 cm³/mol. The van der Waals surface area contributed by atoms with Crippen molar-refractivity contribution in [3.8, 4) is 0 Å². The summed E-state index contributed by atoms with van der Waals surface area (Å²) >= 11 is 0. The van der Waals surface area contributed by atoms with Gasteiger partial charge in [-0.2, -0.15) is 0 Å². The molecule has 0 aromatic rings. The van der Waals surface area contributed by atoms with E-state index < -0.39 is 53.8 Å². The maximum atomic E-state index is 12.3. The van der Waals surface area contributed by atoms with E-state index in [0.29, 0.717) is 61.4 Å². The zero-order valence-electron chi connectivity index (χ0n) is 28.9. The number of carbonyl (C=O) groups is 2. The summed E-state index contributed by atoms with van der Waals surface area (Å²) in [5, 5.41) is 45.1. The van der Waals surface area contributed by atoms with Crippen LogP contribution in [0, 0.1) is 46.3 Å². The topological polar surface area (TPSA) is 152 Å². The van der Waals surface area contributed by atoms with Gasteiger partial charge in [0.2, 0.25) is 0 Å². The SMILES string of the molecule is CC(=O)OCC(C)CCC[C@@H](C)C1CCC2C3C[C@@H](O)[C@@]4(O)C[C@@H](O[C@@H]5OC[C@@H](O)[C@@H](OC(C)=O)[C@@H]5O)CC[C@]4(C)C3CC[C@@]21C. The summed E-state index contributed by atoms with van der Waals surface area (Å²) in [5.74, 6) is 2.01. The van der Waals surface area contributed by atoms with Crippen molar-refractivity contribution in [3.63, 3.8) is 0 Å². The Labute approximate surface area is 274 Å². The van der Waals surface area contributed by atoms with Gasteiger partial charge in [-0.05, 0) is 92.3 Å². The first kappa shape index (κ1) is 36.0. The van der Waals surface area contributed by atoms with Crippen molar-refractivity contribution in [3.05, 3.63) is 0 Å². The van der Waals surface area contributed by atoms with Crippen LogP contribution in [-0.4, -0.2) is 88.0 Å². The highest BCUT2D eigenvalue weighted by Gasteiger charge is 2.67. The van der Waals surface area contributed by atoms with Crippen LogP contribution in [0.3, 0.4) is 0 Å². The van der Waals surface area contributed by atoms with Crippen molar-refractivity contribution in [2.75, 3.05) is 13.2 Å². The highest BCUT2D eigenvalue weighted by Crippen LogP contribution is 2.69. The molecule has 4 N–H and O–H groups in total. The van der Waals surface area contributed by atoms with Gasteiger partial charge in [0.25, 0.3) is 0 Å². The Morgan fingerprint density at radius 2 is 1.70 bits per heavy atom. The predicted octanol–water partition coefficient (Wildman–Crippen LogP) is 4.13. The summed E-state index contributed by atoms with van der Waals surface area (Å²) in [6, 6.07) is 0. The molecular formula is C36H60O10. The number of aliphatic hydroxyl groups is 4. The highest BCUT2D eigenvalue weighted by molar-refractivity contribution is 5.66. The van der Waals surface area contributed by atoms with Gasteiger partial charge in [-0.1, -0.05) is 40.5 Å². The molecule has 10 heteroatoms. The number of rotatable bonds is 10. The van der Waals surface area contributed by atoms with E-state index in [1.165, 1.54) is 33.1 Å². The van der Waals surface area contributed by atoms with Crippen molar-refractivity contribution in [2.24, 2.45) is 46.3 Å². The molecule has 5 unspecified atom stereocenters. The van der Waals surface area contributed by atoms with Gasteiger partial charge in [-0.25, -0.2) is 0 Å². The first-order valence-electron chi connectivity index (χ1n) is 17.9. The van der Waals surface area contributed by atoms with Crippen LogP contribution in [0.2, 0.25) is 0 Å². The van der Waals surface area contributed by atoms with Crippen LogP contribution in [0.1, 0.15) is 112 Å². The van der Waals surface area contributed by atoms with E-state index >= 15 is 0 Å². The second-order valence-electron chi connectivity index (χ2n) is 16.3. The molecule has 4 saturated carbocycles. The van der Waals surface area contributed by atoms with Gasteiger partial charge in [0.1, 0.15) is 12.2 Å². The van der Waals surface area contributed by atoms with Gasteiger partial charge in [-0.15, -0.1) is 0 Å². The molecule has 1 saturated heterocycles. The van der Waals surface area contributed by atoms with Gasteiger partial charge < -0.3 is 39.4 Å². The normalized spacial score (nSPS) is 46.7. The smallest absolute Gasteiger partial charge is 0.303 e. The summed E-state index contributed by atoms with van der Waals surface area (Å²) in [6.45, 7) is 12.3. The van der Waals surface area contributed by atoms with Gasteiger partial charge in [0.15, 0.2) is 12.4 Å². The molecule has 5 rings (SSSR count). The van der Waals surface area contributed by atoms with Crippen molar-refractivity contribution >= 4 is 11.9 Å². The molecule has 0 aromatic carbocycles. The van der Waals surface area contributed by atoms with E-state index in [4.69, 9.17) is 18.9 Å². The second kappa shape index (κ2) is 13.9. The number of carbonyl (C=O) groups excluding carboxylic acids is 2. The number of hydrogen-bond acceptors (Lipinski definition) is 10. The summed E-state index contributed by atoms with van der Waals surface area (Å²) in [5.41, 5.74) is -1.55. The molecule has 5 aliphatic rings. The van der Waals surface area contributed by atoms with Crippen molar-refractivity contribution < 1.29 is 49.0 Å². The lowest BCUT2D eigenvalue weighted by Crippen LogP contribution is -2.69. The Hall–Kier alpha value is -1.30.